The first-order valence-corrected chi connectivity index (χ1v) is 9.01. The van der Waals surface area contributed by atoms with Crippen LogP contribution in [-0.2, 0) is 4.79 Å². The molecule has 3 rings (SSSR count). The first-order chi connectivity index (χ1) is 10.2. The number of carbonyl (C=O) groups is 1. The summed E-state index contributed by atoms with van der Waals surface area (Å²) in [4.78, 5) is 17.2. The van der Waals surface area contributed by atoms with Gasteiger partial charge >= 0.3 is 0 Å². The third-order valence-corrected chi connectivity index (χ3v) is 5.91. The van der Waals surface area contributed by atoms with Gasteiger partial charge in [0.15, 0.2) is 0 Å². The highest BCUT2D eigenvalue weighted by atomic mass is 35.5. The number of halogens is 2. The van der Waals surface area contributed by atoms with E-state index in [0.717, 1.165) is 45.1 Å². The smallest absolute Gasteiger partial charge is 0.222 e. The molecule has 0 bridgehead atoms. The van der Waals surface area contributed by atoms with E-state index in [0.29, 0.717) is 18.2 Å². The molecule has 0 radical (unpaired) electrons. The maximum Gasteiger partial charge on any atom is 0.222 e. The van der Waals surface area contributed by atoms with Gasteiger partial charge in [0, 0.05) is 44.7 Å². The zero-order valence-corrected chi connectivity index (χ0v) is 15.8. The molecule has 1 aliphatic heterocycles. The molecular formula is C17H33Cl2N3O. The SMILES string of the molecule is Cl.Cl.NC1CCCCC1CC(=O)N1CCN(C2CCCC2)CC1. The van der Waals surface area contributed by atoms with Gasteiger partial charge in [-0.1, -0.05) is 25.7 Å². The van der Waals surface area contributed by atoms with Crippen LogP contribution in [0.4, 0.5) is 0 Å². The van der Waals surface area contributed by atoms with E-state index >= 15 is 0 Å². The number of nitrogens with zero attached hydrogens (tertiary/aromatic N) is 2. The fourth-order valence-electron chi connectivity index (χ4n) is 4.45. The van der Waals surface area contributed by atoms with E-state index in [2.05, 4.69) is 9.80 Å². The van der Waals surface area contributed by atoms with E-state index in [9.17, 15) is 4.79 Å². The van der Waals surface area contributed by atoms with Crippen LogP contribution in [0.5, 0.6) is 0 Å². The van der Waals surface area contributed by atoms with E-state index < -0.39 is 0 Å². The number of carbonyl (C=O) groups excluding carboxylic acids is 1. The average Bonchev–Trinajstić information content (AvgIpc) is 3.04. The van der Waals surface area contributed by atoms with Crippen molar-refractivity contribution in [1.82, 2.24) is 9.80 Å². The largest absolute Gasteiger partial charge is 0.340 e. The highest BCUT2D eigenvalue weighted by molar-refractivity contribution is 5.85. The number of hydrogen-bond acceptors (Lipinski definition) is 3. The lowest BCUT2D eigenvalue weighted by atomic mass is 9.82. The van der Waals surface area contributed by atoms with Crippen LogP contribution in [0.1, 0.15) is 57.8 Å². The molecule has 23 heavy (non-hydrogen) atoms. The number of hydrogen-bond donors (Lipinski definition) is 1. The lowest BCUT2D eigenvalue weighted by Gasteiger charge is -2.39. The lowest BCUT2D eigenvalue weighted by molar-refractivity contribution is -0.134. The molecule has 2 unspecified atom stereocenters. The zero-order valence-electron chi connectivity index (χ0n) is 14.1. The predicted molar refractivity (Wildman–Crippen MR) is 99.5 cm³/mol. The second-order valence-electron chi connectivity index (χ2n) is 7.27. The molecule has 1 amide bonds. The fraction of sp³-hybridized carbons (Fsp3) is 0.941. The maximum absolute atomic E-state index is 12.5. The van der Waals surface area contributed by atoms with Gasteiger partial charge in [0.25, 0.3) is 0 Å². The number of rotatable bonds is 3. The van der Waals surface area contributed by atoms with E-state index in [1.54, 1.807) is 0 Å². The lowest BCUT2D eigenvalue weighted by Crippen LogP contribution is -2.52. The normalized spacial score (nSPS) is 29.7. The van der Waals surface area contributed by atoms with Crippen LogP contribution < -0.4 is 5.73 Å². The standard InChI is InChI=1S/C17H31N3O.2ClH/c18-16-8-4-1-5-14(16)13-17(21)20-11-9-19(10-12-20)15-6-2-3-7-15;;/h14-16H,1-13,18H2;2*1H. The molecule has 2 saturated carbocycles. The minimum absolute atomic E-state index is 0. The Morgan fingerprint density at radius 1 is 0.870 bits per heavy atom. The maximum atomic E-state index is 12.5. The summed E-state index contributed by atoms with van der Waals surface area (Å²) in [6.45, 7) is 4.01. The first-order valence-electron chi connectivity index (χ1n) is 9.01. The van der Waals surface area contributed by atoms with Crippen LogP contribution in [0.2, 0.25) is 0 Å². The van der Waals surface area contributed by atoms with Crippen LogP contribution in [0.3, 0.4) is 0 Å². The molecule has 136 valence electrons. The van der Waals surface area contributed by atoms with Crippen molar-refractivity contribution in [2.45, 2.75) is 69.9 Å². The topological polar surface area (TPSA) is 49.6 Å². The quantitative estimate of drug-likeness (QED) is 0.836. The van der Waals surface area contributed by atoms with E-state index in [-0.39, 0.29) is 30.9 Å². The Morgan fingerprint density at radius 2 is 1.43 bits per heavy atom. The summed E-state index contributed by atoms with van der Waals surface area (Å²) in [7, 11) is 0. The van der Waals surface area contributed by atoms with Gasteiger partial charge in [0.1, 0.15) is 0 Å². The molecule has 0 aromatic carbocycles. The summed E-state index contributed by atoms with van der Waals surface area (Å²) >= 11 is 0. The van der Waals surface area contributed by atoms with Crippen molar-refractivity contribution in [3.8, 4) is 0 Å². The van der Waals surface area contributed by atoms with Crippen molar-refractivity contribution in [1.29, 1.82) is 0 Å². The minimum atomic E-state index is 0. The average molecular weight is 366 g/mol. The molecule has 0 aromatic heterocycles. The van der Waals surface area contributed by atoms with Crippen molar-refractivity contribution in [2.75, 3.05) is 26.2 Å². The number of amides is 1. The molecular weight excluding hydrogens is 333 g/mol. The zero-order chi connectivity index (χ0) is 14.7. The van der Waals surface area contributed by atoms with Crippen LogP contribution in [0, 0.1) is 5.92 Å². The molecule has 3 aliphatic rings. The predicted octanol–water partition coefficient (Wildman–Crippen LogP) is 2.82. The van der Waals surface area contributed by atoms with E-state index in [1.165, 1.54) is 38.5 Å². The van der Waals surface area contributed by atoms with Crippen molar-refractivity contribution in [2.24, 2.45) is 11.7 Å². The molecule has 4 nitrogen and oxygen atoms in total. The van der Waals surface area contributed by atoms with Crippen LogP contribution >= 0.6 is 24.8 Å². The van der Waals surface area contributed by atoms with Gasteiger partial charge in [-0.15, -0.1) is 24.8 Å². The number of piperazine rings is 1. The van der Waals surface area contributed by atoms with Crippen LogP contribution in [0.15, 0.2) is 0 Å². The van der Waals surface area contributed by atoms with E-state index in [4.69, 9.17) is 5.73 Å². The molecule has 6 heteroatoms. The summed E-state index contributed by atoms with van der Waals surface area (Å²) < 4.78 is 0. The molecule has 2 atom stereocenters. The molecule has 0 aromatic rings. The van der Waals surface area contributed by atoms with Crippen molar-refractivity contribution in [3.63, 3.8) is 0 Å². The summed E-state index contributed by atoms with van der Waals surface area (Å²) in [5, 5.41) is 0. The molecule has 3 fully saturated rings. The van der Waals surface area contributed by atoms with E-state index in [1.807, 2.05) is 0 Å². The third kappa shape index (κ3) is 5.48. The van der Waals surface area contributed by atoms with Gasteiger partial charge in [-0.25, -0.2) is 0 Å². The molecule has 1 saturated heterocycles. The van der Waals surface area contributed by atoms with Gasteiger partial charge < -0.3 is 10.6 Å². The Morgan fingerprint density at radius 3 is 2.04 bits per heavy atom. The summed E-state index contributed by atoms with van der Waals surface area (Å²) in [6.07, 6.45) is 10.9. The Balaban J connectivity index is 0.00000132. The summed E-state index contributed by atoms with van der Waals surface area (Å²) in [5.41, 5.74) is 6.18. The number of nitrogens with two attached hydrogens (primary N) is 1. The van der Waals surface area contributed by atoms with Crippen molar-refractivity contribution < 1.29 is 4.79 Å². The van der Waals surface area contributed by atoms with Gasteiger partial charge in [-0.2, -0.15) is 0 Å². The van der Waals surface area contributed by atoms with Crippen LogP contribution in [0.25, 0.3) is 0 Å². The van der Waals surface area contributed by atoms with Crippen LogP contribution in [-0.4, -0.2) is 54.0 Å². The fourth-order valence-corrected chi connectivity index (χ4v) is 4.45. The molecule has 1 heterocycles. The van der Waals surface area contributed by atoms with Gasteiger partial charge in [-0.3, -0.25) is 9.69 Å². The van der Waals surface area contributed by atoms with Crippen molar-refractivity contribution >= 4 is 30.7 Å². The minimum Gasteiger partial charge on any atom is -0.340 e. The highest BCUT2D eigenvalue weighted by Crippen LogP contribution is 2.27. The molecule has 2 N–H and O–H groups in total. The Kier molecular flexibility index (Phi) is 9.20. The Bertz CT molecular complexity index is 356. The summed E-state index contributed by atoms with van der Waals surface area (Å²) in [6, 6.07) is 1.05. The van der Waals surface area contributed by atoms with Gasteiger partial charge in [0.05, 0.1) is 0 Å². The Labute approximate surface area is 153 Å². The first kappa shape index (κ1) is 21.0. The monoisotopic (exact) mass is 365 g/mol. The van der Waals surface area contributed by atoms with Crippen molar-refractivity contribution in [3.05, 3.63) is 0 Å². The molecule has 2 aliphatic carbocycles. The van der Waals surface area contributed by atoms with Gasteiger partial charge in [-0.05, 0) is 31.6 Å². The third-order valence-electron chi connectivity index (χ3n) is 5.91. The summed E-state index contributed by atoms with van der Waals surface area (Å²) in [5.74, 6) is 0.780. The highest BCUT2D eigenvalue weighted by Gasteiger charge is 2.30. The Hall–Kier alpha value is -0.0300. The second kappa shape index (κ2) is 10.1. The second-order valence-corrected chi connectivity index (χ2v) is 7.27. The molecule has 0 spiro atoms. The van der Waals surface area contributed by atoms with Gasteiger partial charge in [0.2, 0.25) is 5.91 Å².